The highest BCUT2D eigenvalue weighted by Gasteiger charge is 2.36. The lowest BCUT2D eigenvalue weighted by Gasteiger charge is -2.34. The van der Waals surface area contributed by atoms with Crippen LogP contribution in [-0.2, 0) is 30.3 Å². The molecule has 242 valence electrons. The third kappa shape index (κ3) is 13.8. The van der Waals surface area contributed by atoms with Crippen LogP contribution in [-0.4, -0.2) is 86.4 Å². The van der Waals surface area contributed by atoms with Crippen LogP contribution >= 0.6 is 0 Å². The first-order valence-electron chi connectivity index (χ1n) is 15.7. The summed E-state index contributed by atoms with van der Waals surface area (Å²) in [4.78, 5) is 56.5. The van der Waals surface area contributed by atoms with Gasteiger partial charge in [-0.25, -0.2) is 0 Å². The van der Waals surface area contributed by atoms with Crippen LogP contribution < -0.4 is 10.6 Å². The topological polar surface area (TPSA) is 108 Å². The fourth-order valence-electron chi connectivity index (χ4n) is 5.01. The third-order valence-electron chi connectivity index (χ3n) is 7.86. The molecule has 0 aliphatic heterocycles. The van der Waals surface area contributed by atoms with Gasteiger partial charge >= 0.3 is 0 Å². The second-order valence-corrected chi connectivity index (χ2v) is 11.8. The van der Waals surface area contributed by atoms with Crippen molar-refractivity contribution in [2.45, 2.75) is 85.2 Å². The average molecular weight is 601 g/mol. The number of carbonyl (C=O) groups excluding carboxylic acids is 4. The summed E-state index contributed by atoms with van der Waals surface area (Å²) in [5.74, 6) is -1.10. The Morgan fingerprint density at radius 1 is 0.930 bits per heavy atom. The van der Waals surface area contributed by atoms with Crippen LogP contribution in [0.25, 0.3) is 0 Å². The second-order valence-electron chi connectivity index (χ2n) is 11.8. The molecule has 0 aromatic heterocycles. The summed E-state index contributed by atoms with van der Waals surface area (Å²) in [7, 11) is 4.97. The Morgan fingerprint density at radius 3 is 2.16 bits per heavy atom. The smallest absolute Gasteiger partial charge is 0.245 e. The van der Waals surface area contributed by atoms with Gasteiger partial charge in [0.2, 0.25) is 23.6 Å². The highest BCUT2D eigenvalue weighted by molar-refractivity contribution is 5.94. The number of hydrogen-bond donors (Lipinski definition) is 2. The minimum atomic E-state index is -0.829. The van der Waals surface area contributed by atoms with Gasteiger partial charge in [-0.2, -0.15) is 0 Å². The maximum Gasteiger partial charge on any atom is 0.245 e. The predicted octanol–water partition coefficient (Wildman–Crippen LogP) is 4.22. The number of ether oxygens (including phenoxy) is 1. The predicted molar refractivity (Wildman–Crippen MR) is 172 cm³/mol. The Morgan fingerprint density at radius 2 is 1.58 bits per heavy atom. The van der Waals surface area contributed by atoms with Crippen molar-refractivity contribution in [3.05, 3.63) is 48.0 Å². The minimum absolute atomic E-state index is 0.148. The van der Waals surface area contributed by atoms with Crippen molar-refractivity contribution < 1.29 is 23.9 Å². The Bertz CT molecular complexity index is 1010. The van der Waals surface area contributed by atoms with E-state index >= 15 is 0 Å². The van der Waals surface area contributed by atoms with Crippen molar-refractivity contribution in [2.24, 2.45) is 17.8 Å². The van der Waals surface area contributed by atoms with Gasteiger partial charge in [0, 0.05) is 46.7 Å². The second kappa shape index (κ2) is 20.7. The Balaban J connectivity index is 3.03. The number of carbonyl (C=O) groups is 4. The van der Waals surface area contributed by atoms with E-state index < -0.39 is 12.1 Å². The molecule has 2 N–H and O–H groups in total. The molecule has 4 amide bonds. The molecule has 0 radical (unpaired) electrons. The summed E-state index contributed by atoms with van der Waals surface area (Å²) in [6.45, 7) is 11.0. The van der Waals surface area contributed by atoms with Crippen molar-refractivity contribution in [1.29, 1.82) is 0 Å². The van der Waals surface area contributed by atoms with Crippen LogP contribution in [0.5, 0.6) is 0 Å². The van der Waals surface area contributed by atoms with Crippen LogP contribution in [0.3, 0.4) is 0 Å². The van der Waals surface area contributed by atoms with Crippen molar-refractivity contribution >= 4 is 23.6 Å². The van der Waals surface area contributed by atoms with Gasteiger partial charge in [-0.3, -0.25) is 19.2 Å². The molecule has 3 unspecified atom stereocenters. The van der Waals surface area contributed by atoms with Crippen molar-refractivity contribution in [3.8, 4) is 0 Å². The zero-order valence-electron chi connectivity index (χ0n) is 27.7. The third-order valence-corrected chi connectivity index (χ3v) is 7.86. The van der Waals surface area contributed by atoms with Gasteiger partial charge in [-0.05, 0) is 43.1 Å². The summed E-state index contributed by atoms with van der Waals surface area (Å²) < 4.78 is 5.02. The fraction of sp³-hybridized carbons (Fsp3) is 0.647. The molecule has 1 aromatic rings. The molecule has 9 heteroatoms. The van der Waals surface area contributed by atoms with E-state index in [9.17, 15) is 19.2 Å². The number of hydrogen-bond acceptors (Lipinski definition) is 5. The quantitative estimate of drug-likeness (QED) is 0.172. The largest absolute Gasteiger partial charge is 0.384 e. The summed E-state index contributed by atoms with van der Waals surface area (Å²) >= 11 is 0. The summed E-state index contributed by atoms with van der Waals surface area (Å²) in [5, 5.41) is 5.78. The molecule has 0 aliphatic carbocycles. The number of methoxy groups -OCH3 is 1. The molecule has 0 aliphatic rings. The van der Waals surface area contributed by atoms with E-state index in [1.807, 2.05) is 63.3 Å². The van der Waals surface area contributed by atoms with Crippen LogP contribution in [0, 0.1) is 17.8 Å². The van der Waals surface area contributed by atoms with Crippen molar-refractivity contribution in [2.75, 3.05) is 40.9 Å². The van der Waals surface area contributed by atoms with E-state index in [0.29, 0.717) is 44.8 Å². The molecule has 43 heavy (non-hydrogen) atoms. The molecule has 0 saturated heterocycles. The van der Waals surface area contributed by atoms with Crippen molar-refractivity contribution in [1.82, 2.24) is 20.4 Å². The van der Waals surface area contributed by atoms with Crippen LogP contribution in [0.2, 0.25) is 0 Å². The van der Waals surface area contributed by atoms with E-state index in [0.717, 1.165) is 18.4 Å². The molecule has 9 nitrogen and oxygen atoms in total. The Hall–Kier alpha value is -3.20. The van der Waals surface area contributed by atoms with Crippen LogP contribution in [0.15, 0.2) is 42.5 Å². The number of benzene rings is 1. The van der Waals surface area contributed by atoms with Gasteiger partial charge in [-0.1, -0.05) is 83.5 Å². The van der Waals surface area contributed by atoms with Gasteiger partial charge in [0.15, 0.2) is 0 Å². The highest BCUT2D eigenvalue weighted by atomic mass is 16.5. The van der Waals surface area contributed by atoms with E-state index in [1.165, 1.54) is 4.90 Å². The molecule has 4 atom stereocenters. The monoisotopic (exact) mass is 600 g/mol. The zero-order valence-corrected chi connectivity index (χ0v) is 27.7. The maximum absolute atomic E-state index is 14.0. The number of likely N-dealkylation sites (N-methyl/N-ethyl adjacent to an activating group) is 2. The molecule has 0 spiro atoms. The van der Waals surface area contributed by atoms with Gasteiger partial charge < -0.3 is 25.2 Å². The molecule has 0 saturated carbocycles. The maximum atomic E-state index is 14.0. The minimum Gasteiger partial charge on any atom is -0.384 e. The van der Waals surface area contributed by atoms with Crippen LogP contribution in [0.4, 0.5) is 0 Å². The van der Waals surface area contributed by atoms with Crippen molar-refractivity contribution in [3.63, 3.8) is 0 Å². The lowest BCUT2D eigenvalue weighted by molar-refractivity contribution is -0.144. The number of nitrogens with zero attached hydrogens (tertiary/aromatic N) is 2. The molecule has 0 fully saturated rings. The standard InChI is InChI=1S/C34H56N4O5/c1-9-26(5)31(33(41)35-24-30(39)37(6)20-16-11-12-17-21-43-8)38(7)34(42)29(23-27-18-14-13-15-19-27)36-32(40)28(10-2)22-25(3)4/h11-15,18-19,25-26,28-29,31H,9-10,16-17,20-24H2,1-8H3,(H,35,41)(H,36,40)/b12-11-/t26?,28?,29-,31?/m1/s1. The lowest BCUT2D eigenvalue weighted by atomic mass is 9.93. The van der Waals surface area contributed by atoms with E-state index in [4.69, 9.17) is 4.74 Å². The molecular weight excluding hydrogens is 544 g/mol. The van der Waals surface area contributed by atoms with E-state index in [1.54, 1.807) is 26.1 Å². The molecular formula is C34H56N4O5. The summed E-state index contributed by atoms with van der Waals surface area (Å²) in [6, 6.07) is 7.93. The zero-order chi connectivity index (χ0) is 32.4. The normalized spacial score (nSPS) is 14.2. The molecule has 1 rings (SSSR count). The van der Waals surface area contributed by atoms with Crippen LogP contribution in [0.1, 0.15) is 72.3 Å². The first kappa shape index (κ1) is 37.8. The van der Waals surface area contributed by atoms with E-state index in [2.05, 4.69) is 24.5 Å². The first-order chi connectivity index (χ1) is 20.5. The number of amides is 4. The average Bonchev–Trinajstić information content (AvgIpc) is 2.99. The Labute approximate surface area is 259 Å². The number of rotatable bonds is 20. The first-order valence-corrected chi connectivity index (χ1v) is 15.7. The van der Waals surface area contributed by atoms with Gasteiger partial charge in [-0.15, -0.1) is 0 Å². The summed E-state index contributed by atoms with van der Waals surface area (Å²) in [6.07, 6.45) is 7.93. The number of nitrogens with one attached hydrogen (secondary N) is 2. The highest BCUT2D eigenvalue weighted by Crippen LogP contribution is 2.19. The lowest BCUT2D eigenvalue weighted by Crippen LogP contribution is -2.58. The van der Waals surface area contributed by atoms with E-state index in [-0.39, 0.29) is 42.0 Å². The molecule has 0 bridgehead atoms. The van der Waals surface area contributed by atoms with Gasteiger partial charge in [0.25, 0.3) is 0 Å². The summed E-state index contributed by atoms with van der Waals surface area (Å²) in [5.41, 5.74) is 0.915. The van der Waals surface area contributed by atoms with Gasteiger partial charge in [0.05, 0.1) is 6.54 Å². The molecule has 1 aromatic carbocycles. The SMILES string of the molecule is CCC(CC(C)C)C(=O)N[C@H](Cc1ccccc1)C(=O)N(C)C(C(=O)NCC(=O)N(C)CC/C=C\CCOC)C(C)CC. The fourth-order valence-corrected chi connectivity index (χ4v) is 5.01. The Kier molecular flexibility index (Phi) is 18.2. The van der Waals surface area contributed by atoms with Gasteiger partial charge in [0.1, 0.15) is 12.1 Å². The molecule has 0 heterocycles.